The van der Waals surface area contributed by atoms with Gasteiger partial charge >= 0.3 is 0 Å². The van der Waals surface area contributed by atoms with Gasteiger partial charge in [-0.05, 0) is 80.4 Å². The number of rotatable bonds is 4. The molecule has 0 spiro atoms. The Bertz CT molecular complexity index is 995. The van der Waals surface area contributed by atoms with Crippen LogP contribution in [0.25, 0.3) is 22.6 Å². The lowest BCUT2D eigenvalue weighted by atomic mass is 10.1. The third-order valence-electron chi connectivity index (χ3n) is 4.09. The van der Waals surface area contributed by atoms with Crippen LogP contribution in [0.3, 0.4) is 0 Å². The average Bonchev–Trinajstić information content (AvgIpc) is 3.04. The molecule has 3 aromatic rings. The van der Waals surface area contributed by atoms with Crippen LogP contribution in [0.2, 0.25) is 0 Å². The van der Waals surface area contributed by atoms with E-state index < -0.39 is 0 Å². The molecule has 4 N–H and O–H groups in total. The van der Waals surface area contributed by atoms with Crippen molar-refractivity contribution in [2.24, 2.45) is 21.5 Å². The minimum atomic E-state index is 0.537. The van der Waals surface area contributed by atoms with Crippen molar-refractivity contribution in [3.8, 4) is 22.6 Å². The van der Waals surface area contributed by atoms with E-state index in [1.807, 2.05) is 62.4 Å². The number of benzene rings is 2. The van der Waals surface area contributed by atoms with Crippen LogP contribution in [0.15, 0.2) is 62.9 Å². The molecule has 26 heavy (non-hydrogen) atoms. The highest BCUT2D eigenvalue weighted by atomic mass is 16.3. The fraction of sp³-hybridized carbons (Fsp3) is 0.143. The lowest BCUT2D eigenvalue weighted by Gasteiger charge is -2.06. The van der Waals surface area contributed by atoms with Crippen molar-refractivity contribution in [1.29, 1.82) is 0 Å². The largest absolute Gasteiger partial charge is 0.456 e. The predicted molar refractivity (Wildman–Crippen MR) is 108 cm³/mol. The van der Waals surface area contributed by atoms with E-state index in [9.17, 15) is 0 Å². The van der Waals surface area contributed by atoms with Crippen LogP contribution in [0.5, 0.6) is 0 Å². The van der Waals surface area contributed by atoms with Crippen molar-refractivity contribution < 1.29 is 4.42 Å². The average molecular weight is 346 g/mol. The van der Waals surface area contributed by atoms with Gasteiger partial charge in [-0.25, -0.2) is 9.98 Å². The van der Waals surface area contributed by atoms with Gasteiger partial charge in [0, 0.05) is 11.1 Å². The lowest BCUT2D eigenvalue weighted by Crippen LogP contribution is -2.03. The van der Waals surface area contributed by atoms with E-state index in [0.29, 0.717) is 5.84 Å². The number of hydrogen-bond acceptors (Lipinski definition) is 3. The highest BCUT2D eigenvalue weighted by Gasteiger charge is 2.11. The van der Waals surface area contributed by atoms with Gasteiger partial charge in [-0.2, -0.15) is 0 Å². The highest BCUT2D eigenvalue weighted by molar-refractivity contribution is 5.81. The van der Waals surface area contributed by atoms with Gasteiger partial charge in [-0.1, -0.05) is 0 Å². The number of nitrogens with two attached hydrogens (primary N) is 2. The van der Waals surface area contributed by atoms with Gasteiger partial charge in [0.2, 0.25) is 0 Å². The molecule has 0 unspecified atom stereocenters. The van der Waals surface area contributed by atoms with E-state index in [0.717, 1.165) is 45.1 Å². The van der Waals surface area contributed by atoms with E-state index >= 15 is 0 Å². The van der Waals surface area contributed by atoms with Crippen LogP contribution in [-0.2, 0) is 0 Å². The summed E-state index contributed by atoms with van der Waals surface area (Å²) < 4.78 is 6.11. The fourth-order valence-electron chi connectivity index (χ4n) is 2.92. The van der Waals surface area contributed by atoms with Crippen LogP contribution in [-0.4, -0.2) is 12.2 Å². The summed E-state index contributed by atoms with van der Waals surface area (Å²) in [7, 11) is 0. The predicted octanol–water partition coefficient (Wildman–Crippen LogP) is 4.86. The first kappa shape index (κ1) is 17.5. The maximum absolute atomic E-state index is 6.11. The highest BCUT2D eigenvalue weighted by Crippen LogP contribution is 2.34. The molecule has 5 heteroatoms. The quantitative estimate of drug-likeness (QED) is 0.522. The molecule has 1 heterocycles. The zero-order valence-electron chi connectivity index (χ0n) is 15.2. The Balaban J connectivity index is 1.94. The van der Waals surface area contributed by atoms with Crippen molar-refractivity contribution in [1.82, 2.24) is 0 Å². The summed E-state index contributed by atoms with van der Waals surface area (Å²) in [6, 6.07) is 15.8. The first-order chi connectivity index (χ1) is 12.5. The van der Waals surface area contributed by atoms with E-state index in [1.54, 1.807) is 6.92 Å². The molecular weight excluding hydrogens is 324 g/mol. The van der Waals surface area contributed by atoms with Gasteiger partial charge in [0.05, 0.1) is 23.5 Å². The van der Waals surface area contributed by atoms with Gasteiger partial charge in [-0.3, -0.25) is 0 Å². The number of nitrogens with zero attached hydrogens (tertiary/aromatic N) is 2. The number of amidine groups is 1. The Hall–Kier alpha value is -3.34. The minimum Gasteiger partial charge on any atom is -0.456 e. The zero-order chi connectivity index (χ0) is 18.7. The summed E-state index contributed by atoms with van der Waals surface area (Å²) in [5, 5.41) is 0. The van der Waals surface area contributed by atoms with Crippen molar-refractivity contribution in [3.05, 3.63) is 59.7 Å². The van der Waals surface area contributed by atoms with E-state index in [-0.39, 0.29) is 0 Å². The summed E-state index contributed by atoms with van der Waals surface area (Å²) in [5.41, 5.74) is 16.9. The van der Waals surface area contributed by atoms with Gasteiger partial charge < -0.3 is 15.9 Å². The van der Waals surface area contributed by atoms with Gasteiger partial charge in [-0.15, -0.1) is 0 Å². The Morgan fingerprint density at radius 2 is 1.42 bits per heavy atom. The maximum Gasteiger partial charge on any atom is 0.135 e. The Morgan fingerprint density at radius 3 is 1.92 bits per heavy atom. The van der Waals surface area contributed by atoms with E-state index in [1.165, 1.54) is 6.34 Å². The van der Waals surface area contributed by atoms with Crippen LogP contribution in [0, 0.1) is 13.8 Å². The molecular formula is C21H22N4O. The third kappa shape index (κ3) is 3.67. The Morgan fingerprint density at radius 1 is 0.885 bits per heavy atom. The van der Waals surface area contributed by atoms with Crippen LogP contribution < -0.4 is 11.5 Å². The second-order valence-corrected chi connectivity index (χ2v) is 6.19. The van der Waals surface area contributed by atoms with Crippen LogP contribution >= 0.6 is 0 Å². The van der Waals surface area contributed by atoms with Crippen molar-refractivity contribution in [3.63, 3.8) is 0 Å². The van der Waals surface area contributed by atoms with Gasteiger partial charge in [0.25, 0.3) is 0 Å². The molecule has 0 atom stereocenters. The number of hydrogen-bond donors (Lipinski definition) is 2. The SMILES string of the molecule is CC(N)=Nc1ccc(-c2ccc(-c3ccc(N=CN)cc3C)o2)c(C)c1. The van der Waals surface area contributed by atoms with E-state index in [2.05, 4.69) is 9.98 Å². The maximum atomic E-state index is 6.11. The molecule has 2 aromatic carbocycles. The molecule has 0 radical (unpaired) electrons. The second-order valence-electron chi connectivity index (χ2n) is 6.19. The Kier molecular flexibility index (Phi) is 4.89. The van der Waals surface area contributed by atoms with Crippen LogP contribution in [0.4, 0.5) is 11.4 Å². The first-order valence-electron chi connectivity index (χ1n) is 8.35. The summed E-state index contributed by atoms with van der Waals surface area (Å²) in [5.74, 6) is 2.18. The lowest BCUT2D eigenvalue weighted by molar-refractivity contribution is 0.596. The summed E-state index contributed by atoms with van der Waals surface area (Å²) >= 11 is 0. The van der Waals surface area contributed by atoms with E-state index in [4.69, 9.17) is 15.9 Å². The topological polar surface area (TPSA) is 89.9 Å². The van der Waals surface area contributed by atoms with Crippen molar-refractivity contribution >= 4 is 23.5 Å². The van der Waals surface area contributed by atoms with Crippen molar-refractivity contribution in [2.75, 3.05) is 0 Å². The smallest absolute Gasteiger partial charge is 0.135 e. The molecule has 0 aliphatic rings. The van der Waals surface area contributed by atoms with Crippen LogP contribution in [0.1, 0.15) is 18.1 Å². The summed E-state index contributed by atoms with van der Waals surface area (Å²) in [6.45, 7) is 5.84. The number of furan rings is 1. The molecule has 0 amide bonds. The molecule has 132 valence electrons. The summed E-state index contributed by atoms with van der Waals surface area (Å²) in [6.07, 6.45) is 1.29. The molecule has 0 bridgehead atoms. The molecule has 3 rings (SSSR count). The normalized spacial score (nSPS) is 12.0. The Labute approximate surface area is 153 Å². The molecule has 0 aliphatic heterocycles. The fourth-order valence-corrected chi connectivity index (χ4v) is 2.92. The molecule has 0 aliphatic carbocycles. The third-order valence-corrected chi connectivity index (χ3v) is 4.09. The zero-order valence-corrected chi connectivity index (χ0v) is 15.2. The monoisotopic (exact) mass is 346 g/mol. The standard InChI is InChI=1S/C21H22N4O/c1-13-10-16(24-12-22)4-6-18(13)20-8-9-21(26-20)19-7-5-17(11-14(19)2)25-15(3)23/h4-12H,1-3H3,(H2,22,24)(H2,23,25). The van der Waals surface area contributed by atoms with Gasteiger partial charge in [0.15, 0.2) is 0 Å². The first-order valence-corrected chi connectivity index (χ1v) is 8.35. The molecule has 1 aromatic heterocycles. The van der Waals surface area contributed by atoms with Crippen molar-refractivity contribution in [2.45, 2.75) is 20.8 Å². The number of aryl methyl sites for hydroxylation is 2. The number of aliphatic imine (C=N–C) groups is 2. The second kappa shape index (κ2) is 7.27. The summed E-state index contributed by atoms with van der Waals surface area (Å²) in [4.78, 5) is 8.38. The molecule has 0 saturated heterocycles. The van der Waals surface area contributed by atoms with Gasteiger partial charge in [0.1, 0.15) is 11.5 Å². The molecule has 0 fully saturated rings. The molecule has 0 saturated carbocycles. The minimum absolute atomic E-state index is 0.537. The molecule has 5 nitrogen and oxygen atoms in total.